The Morgan fingerprint density at radius 1 is 1.31 bits per heavy atom. The Bertz CT molecular complexity index is 488. The number of pyridine rings is 1. The number of aromatic amines is 1. The highest BCUT2D eigenvalue weighted by Crippen LogP contribution is 2.19. The molecule has 82 valence electrons. The number of H-pyrrole nitrogens is 1. The van der Waals surface area contributed by atoms with E-state index in [1.54, 1.807) is 12.4 Å². The molecule has 16 heavy (non-hydrogen) atoms. The Labute approximate surface area is 94.0 Å². The predicted molar refractivity (Wildman–Crippen MR) is 63.2 cm³/mol. The van der Waals surface area contributed by atoms with Crippen LogP contribution in [0.15, 0.2) is 41.9 Å². The smallest absolute Gasteiger partial charge is 0.106 e. The van der Waals surface area contributed by atoms with Gasteiger partial charge in [-0.3, -0.25) is 4.98 Å². The third-order valence-electron chi connectivity index (χ3n) is 2.31. The number of nitrogens with one attached hydrogen (secondary N) is 1. The molecule has 2 aromatic heterocycles. The van der Waals surface area contributed by atoms with Gasteiger partial charge in [0.25, 0.3) is 0 Å². The first kappa shape index (κ1) is 10.4. The Balaban J connectivity index is 2.30. The summed E-state index contributed by atoms with van der Waals surface area (Å²) in [7, 11) is 1.54. The first-order valence-electron chi connectivity index (χ1n) is 4.98. The van der Waals surface area contributed by atoms with Crippen LogP contribution in [-0.2, 0) is 4.84 Å². The lowest BCUT2D eigenvalue weighted by Crippen LogP contribution is -1.94. The molecule has 0 unspecified atom stereocenters. The first-order chi connectivity index (χ1) is 7.81. The van der Waals surface area contributed by atoms with Crippen molar-refractivity contribution in [1.29, 1.82) is 0 Å². The van der Waals surface area contributed by atoms with Crippen molar-refractivity contribution < 1.29 is 4.84 Å². The van der Waals surface area contributed by atoms with Crippen molar-refractivity contribution in [3.8, 4) is 11.1 Å². The summed E-state index contributed by atoms with van der Waals surface area (Å²) in [5.41, 5.74) is 4.02. The van der Waals surface area contributed by atoms with Crippen molar-refractivity contribution in [2.45, 2.75) is 6.92 Å². The summed E-state index contributed by atoms with van der Waals surface area (Å²) in [6.07, 6.45) is 5.50. The van der Waals surface area contributed by atoms with Crippen LogP contribution in [0, 0.1) is 0 Å². The van der Waals surface area contributed by atoms with Gasteiger partial charge in [0.2, 0.25) is 0 Å². The van der Waals surface area contributed by atoms with Gasteiger partial charge < -0.3 is 9.82 Å². The minimum Gasteiger partial charge on any atom is -0.399 e. The van der Waals surface area contributed by atoms with Gasteiger partial charge in [-0.1, -0.05) is 5.16 Å². The van der Waals surface area contributed by atoms with Gasteiger partial charge in [-0.15, -0.1) is 0 Å². The zero-order valence-electron chi connectivity index (χ0n) is 9.27. The lowest BCUT2D eigenvalue weighted by Gasteiger charge is -1.95. The van der Waals surface area contributed by atoms with Gasteiger partial charge in [0, 0.05) is 18.6 Å². The maximum atomic E-state index is 4.73. The molecule has 0 amide bonds. The fraction of sp³-hybridized carbons (Fsp3) is 0.167. The van der Waals surface area contributed by atoms with Crippen LogP contribution in [0.5, 0.6) is 0 Å². The van der Waals surface area contributed by atoms with E-state index in [1.807, 2.05) is 31.3 Å². The van der Waals surface area contributed by atoms with Gasteiger partial charge in [-0.25, -0.2) is 0 Å². The maximum absolute atomic E-state index is 4.73. The van der Waals surface area contributed by atoms with Crippen molar-refractivity contribution in [3.63, 3.8) is 0 Å². The molecule has 4 heteroatoms. The van der Waals surface area contributed by atoms with Crippen LogP contribution < -0.4 is 0 Å². The zero-order valence-corrected chi connectivity index (χ0v) is 9.27. The van der Waals surface area contributed by atoms with E-state index in [0.29, 0.717) is 0 Å². The van der Waals surface area contributed by atoms with Crippen LogP contribution in [-0.4, -0.2) is 22.8 Å². The normalized spacial score (nSPS) is 11.5. The van der Waals surface area contributed by atoms with E-state index < -0.39 is 0 Å². The molecule has 2 aromatic rings. The van der Waals surface area contributed by atoms with E-state index in [4.69, 9.17) is 4.84 Å². The second kappa shape index (κ2) is 4.61. The van der Waals surface area contributed by atoms with Gasteiger partial charge in [0.05, 0.1) is 5.69 Å². The molecule has 0 aliphatic carbocycles. The van der Waals surface area contributed by atoms with Gasteiger partial charge in [0.15, 0.2) is 0 Å². The standard InChI is InChI=1S/C12H13N3O/c1-9(15-16-2)12-7-11(8-14-12)10-3-5-13-6-4-10/h3-8,14H,1-2H3/b15-9+. The average molecular weight is 215 g/mol. The van der Waals surface area contributed by atoms with Crippen LogP contribution in [0.2, 0.25) is 0 Å². The number of rotatable bonds is 3. The van der Waals surface area contributed by atoms with Crippen molar-refractivity contribution >= 4 is 5.71 Å². The van der Waals surface area contributed by atoms with E-state index in [0.717, 1.165) is 22.5 Å². The highest BCUT2D eigenvalue weighted by Gasteiger charge is 2.04. The molecule has 0 bridgehead atoms. The summed E-state index contributed by atoms with van der Waals surface area (Å²) in [6, 6.07) is 5.97. The fourth-order valence-corrected chi connectivity index (χ4v) is 1.50. The van der Waals surface area contributed by atoms with Crippen LogP contribution in [0.3, 0.4) is 0 Å². The molecule has 0 spiro atoms. The van der Waals surface area contributed by atoms with E-state index in [-0.39, 0.29) is 0 Å². The predicted octanol–water partition coefficient (Wildman–Crippen LogP) is 2.45. The summed E-state index contributed by atoms with van der Waals surface area (Å²) in [6.45, 7) is 1.89. The fourth-order valence-electron chi connectivity index (χ4n) is 1.50. The van der Waals surface area contributed by atoms with E-state index in [2.05, 4.69) is 15.1 Å². The molecular weight excluding hydrogens is 202 g/mol. The maximum Gasteiger partial charge on any atom is 0.106 e. The molecule has 2 rings (SSSR count). The number of hydrogen-bond donors (Lipinski definition) is 1. The Morgan fingerprint density at radius 3 is 2.75 bits per heavy atom. The van der Waals surface area contributed by atoms with Crippen LogP contribution in [0.1, 0.15) is 12.6 Å². The molecule has 0 radical (unpaired) electrons. The van der Waals surface area contributed by atoms with Crippen molar-refractivity contribution in [3.05, 3.63) is 42.5 Å². The van der Waals surface area contributed by atoms with Crippen molar-refractivity contribution in [1.82, 2.24) is 9.97 Å². The minimum atomic E-state index is 0.822. The number of aromatic nitrogens is 2. The zero-order chi connectivity index (χ0) is 11.4. The lowest BCUT2D eigenvalue weighted by atomic mass is 10.1. The van der Waals surface area contributed by atoms with Gasteiger partial charge in [-0.05, 0) is 36.2 Å². The monoisotopic (exact) mass is 215 g/mol. The summed E-state index contributed by atoms with van der Waals surface area (Å²) in [5.74, 6) is 0. The van der Waals surface area contributed by atoms with Crippen LogP contribution in [0.25, 0.3) is 11.1 Å². The largest absolute Gasteiger partial charge is 0.399 e. The highest BCUT2D eigenvalue weighted by molar-refractivity contribution is 5.97. The highest BCUT2D eigenvalue weighted by atomic mass is 16.6. The number of hydrogen-bond acceptors (Lipinski definition) is 3. The molecule has 0 fully saturated rings. The molecule has 0 saturated heterocycles. The topological polar surface area (TPSA) is 50.3 Å². The van der Waals surface area contributed by atoms with Gasteiger partial charge >= 0.3 is 0 Å². The molecule has 0 aliphatic heterocycles. The Kier molecular flexibility index (Phi) is 3.00. The van der Waals surface area contributed by atoms with Gasteiger partial charge in [0.1, 0.15) is 12.8 Å². The molecule has 0 saturated carbocycles. The molecule has 0 aromatic carbocycles. The molecule has 1 N–H and O–H groups in total. The molecule has 4 nitrogen and oxygen atoms in total. The molecule has 0 atom stereocenters. The summed E-state index contributed by atoms with van der Waals surface area (Å²) < 4.78 is 0. The van der Waals surface area contributed by atoms with E-state index in [9.17, 15) is 0 Å². The van der Waals surface area contributed by atoms with E-state index in [1.165, 1.54) is 7.11 Å². The van der Waals surface area contributed by atoms with Crippen molar-refractivity contribution in [2.24, 2.45) is 5.16 Å². The minimum absolute atomic E-state index is 0.822. The number of oxime groups is 1. The SMILES string of the molecule is CO/N=C(\C)c1cc(-c2ccncc2)c[nH]1. The first-order valence-corrected chi connectivity index (χ1v) is 4.98. The quantitative estimate of drug-likeness (QED) is 0.631. The molecular formula is C12H13N3O. The Hall–Kier alpha value is -2.10. The van der Waals surface area contributed by atoms with E-state index >= 15 is 0 Å². The van der Waals surface area contributed by atoms with Crippen LogP contribution >= 0.6 is 0 Å². The third kappa shape index (κ3) is 2.11. The number of nitrogens with zero attached hydrogens (tertiary/aromatic N) is 2. The molecule has 2 heterocycles. The Morgan fingerprint density at radius 2 is 2.06 bits per heavy atom. The summed E-state index contributed by atoms with van der Waals surface area (Å²) in [4.78, 5) is 11.9. The second-order valence-electron chi connectivity index (χ2n) is 3.40. The third-order valence-corrected chi connectivity index (χ3v) is 2.31. The summed E-state index contributed by atoms with van der Waals surface area (Å²) in [5, 5.41) is 3.87. The summed E-state index contributed by atoms with van der Waals surface area (Å²) >= 11 is 0. The lowest BCUT2D eigenvalue weighted by molar-refractivity contribution is 0.213. The molecule has 0 aliphatic rings. The van der Waals surface area contributed by atoms with Gasteiger partial charge in [-0.2, -0.15) is 0 Å². The van der Waals surface area contributed by atoms with Crippen molar-refractivity contribution in [2.75, 3.05) is 7.11 Å². The van der Waals surface area contributed by atoms with Crippen LogP contribution in [0.4, 0.5) is 0 Å². The average Bonchev–Trinajstić information content (AvgIpc) is 2.80. The second-order valence-corrected chi connectivity index (χ2v) is 3.40.